The molecular formula is C34H26N6O3. The van der Waals surface area contributed by atoms with Crippen molar-refractivity contribution in [2.45, 2.75) is 12.8 Å². The van der Waals surface area contributed by atoms with Gasteiger partial charge in [0.05, 0.1) is 42.6 Å². The summed E-state index contributed by atoms with van der Waals surface area (Å²) in [4.78, 5) is 9.87. The van der Waals surface area contributed by atoms with Crippen LogP contribution in [-0.4, -0.2) is 43.6 Å². The summed E-state index contributed by atoms with van der Waals surface area (Å²) in [7, 11) is 3.27. The standard InChI is InChI=1S/C34H26N6O3/c1-20-28-29(22-16-17-26(41-2)27(18-22)42-3)30-32-36-31(25-15-9-11-21-10-7-8-14-24(21)25)38-39(32)19-35-33(30)43-34(28)40(37-20)23-12-5-4-6-13-23/h4-19,29H,1-3H3/t29-/m1/s1. The van der Waals surface area contributed by atoms with Crippen LogP contribution >= 0.6 is 0 Å². The van der Waals surface area contributed by atoms with Crippen LogP contribution < -0.4 is 14.2 Å². The monoisotopic (exact) mass is 566 g/mol. The molecule has 8 rings (SSSR count). The Morgan fingerprint density at radius 2 is 1.58 bits per heavy atom. The van der Waals surface area contributed by atoms with E-state index in [9.17, 15) is 0 Å². The lowest BCUT2D eigenvalue weighted by atomic mass is 9.84. The smallest absolute Gasteiger partial charge is 0.230 e. The topological polar surface area (TPSA) is 88.6 Å². The fourth-order valence-corrected chi connectivity index (χ4v) is 6.02. The quantitative estimate of drug-likeness (QED) is 0.228. The van der Waals surface area contributed by atoms with Gasteiger partial charge in [0.2, 0.25) is 11.8 Å². The highest BCUT2D eigenvalue weighted by molar-refractivity contribution is 5.95. The maximum Gasteiger partial charge on any atom is 0.230 e. The predicted octanol–water partition coefficient (Wildman–Crippen LogP) is 6.74. The summed E-state index contributed by atoms with van der Waals surface area (Å²) in [6.45, 7) is 2.00. The Kier molecular flexibility index (Phi) is 5.65. The van der Waals surface area contributed by atoms with Gasteiger partial charge in [-0.2, -0.15) is 5.10 Å². The van der Waals surface area contributed by atoms with Crippen molar-refractivity contribution in [2.75, 3.05) is 14.2 Å². The zero-order valence-electron chi connectivity index (χ0n) is 23.7. The number of aryl methyl sites for hydroxylation is 1. The molecule has 0 bridgehead atoms. The summed E-state index contributed by atoms with van der Waals surface area (Å²) in [6, 6.07) is 30.3. The number of methoxy groups -OCH3 is 2. The van der Waals surface area contributed by atoms with E-state index in [1.807, 2.05) is 84.4 Å². The molecule has 0 radical (unpaired) electrons. The van der Waals surface area contributed by atoms with Crippen molar-refractivity contribution in [1.29, 1.82) is 0 Å². The number of aromatic nitrogens is 6. The first-order valence-electron chi connectivity index (χ1n) is 13.9. The second-order valence-electron chi connectivity index (χ2n) is 10.4. The lowest BCUT2D eigenvalue weighted by molar-refractivity contribution is 0.354. The molecule has 0 N–H and O–H groups in total. The van der Waals surface area contributed by atoms with Gasteiger partial charge in [0.25, 0.3) is 0 Å². The first kappa shape index (κ1) is 25.0. The van der Waals surface area contributed by atoms with E-state index in [1.54, 1.807) is 25.1 Å². The van der Waals surface area contributed by atoms with E-state index in [0.717, 1.165) is 44.4 Å². The normalized spacial score (nSPS) is 13.9. The van der Waals surface area contributed by atoms with Crippen molar-refractivity contribution >= 4 is 16.4 Å². The molecule has 0 saturated heterocycles. The minimum absolute atomic E-state index is 0.322. The molecule has 210 valence electrons. The Bertz CT molecular complexity index is 2160. The summed E-state index contributed by atoms with van der Waals surface area (Å²) in [5.41, 5.74) is 6.02. The average molecular weight is 567 g/mol. The number of nitrogens with zero attached hydrogens (tertiary/aromatic N) is 6. The third-order valence-corrected chi connectivity index (χ3v) is 7.99. The van der Waals surface area contributed by atoms with E-state index < -0.39 is 0 Å². The molecular weight excluding hydrogens is 540 g/mol. The molecule has 0 fully saturated rings. The lowest BCUT2D eigenvalue weighted by Crippen LogP contribution is -2.16. The molecule has 0 amide bonds. The molecule has 0 unspecified atom stereocenters. The van der Waals surface area contributed by atoms with Crippen LogP contribution in [0.5, 0.6) is 23.3 Å². The molecule has 9 nitrogen and oxygen atoms in total. The van der Waals surface area contributed by atoms with Crippen molar-refractivity contribution in [2.24, 2.45) is 0 Å². The van der Waals surface area contributed by atoms with Gasteiger partial charge in [0, 0.05) is 5.56 Å². The Balaban J connectivity index is 1.39. The SMILES string of the molecule is COc1ccc([C@@H]2c3c(C)nn(-c4ccccc4)c3Oc3ncn4nc(-c5cccc6ccccc56)nc4c32)cc1OC. The maximum atomic E-state index is 6.58. The van der Waals surface area contributed by atoms with Crippen LogP contribution in [0.1, 0.15) is 28.3 Å². The number of benzene rings is 4. The highest BCUT2D eigenvalue weighted by Crippen LogP contribution is 2.50. The van der Waals surface area contributed by atoms with Crippen LogP contribution in [0.25, 0.3) is 33.5 Å². The zero-order valence-corrected chi connectivity index (χ0v) is 23.7. The van der Waals surface area contributed by atoms with Crippen molar-refractivity contribution in [3.8, 4) is 40.3 Å². The first-order valence-corrected chi connectivity index (χ1v) is 13.9. The number of para-hydroxylation sites is 1. The Labute approximate surface area is 246 Å². The van der Waals surface area contributed by atoms with Gasteiger partial charge in [-0.25, -0.2) is 19.2 Å². The molecule has 4 aromatic carbocycles. The van der Waals surface area contributed by atoms with E-state index in [1.165, 1.54) is 0 Å². The van der Waals surface area contributed by atoms with Crippen molar-refractivity contribution in [1.82, 2.24) is 29.4 Å². The maximum absolute atomic E-state index is 6.58. The molecule has 7 aromatic rings. The van der Waals surface area contributed by atoms with Gasteiger partial charge in [-0.15, -0.1) is 5.10 Å². The minimum atomic E-state index is -0.322. The van der Waals surface area contributed by atoms with E-state index in [4.69, 9.17) is 34.4 Å². The van der Waals surface area contributed by atoms with Crippen molar-refractivity contribution in [3.05, 3.63) is 120 Å². The van der Waals surface area contributed by atoms with Crippen LogP contribution in [-0.2, 0) is 0 Å². The van der Waals surface area contributed by atoms with Crippen LogP contribution in [0.2, 0.25) is 0 Å². The van der Waals surface area contributed by atoms with Crippen molar-refractivity contribution < 1.29 is 14.2 Å². The molecule has 43 heavy (non-hydrogen) atoms. The molecule has 1 aliphatic rings. The number of fused-ring (bicyclic) bond motifs is 5. The van der Waals surface area contributed by atoms with E-state index in [0.29, 0.717) is 34.7 Å². The molecule has 1 atom stereocenters. The molecule has 3 aromatic heterocycles. The highest BCUT2D eigenvalue weighted by atomic mass is 16.5. The summed E-state index contributed by atoms with van der Waals surface area (Å²) in [5, 5.41) is 12.0. The van der Waals surface area contributed by atoms with E-state index in [-0.39, 0.29) is 5.92 Å². The van der Waals surface area contributed by atoms with Gasteiger partial charge in [0.15, 0.2) is 23.0 Å². The first-order chi connectivity index (χ1) is 21.1. The van der Waals surface area contributed by atoms with Gasteiger partial charge < -0.3 is 14.2 Å². The molecule has 0 spiro atoms. The number of rotatable bonds is 5. The lowest BCUT2D eigenvalue weighted by Gasteiger charge is -2.26. The largest absolute Gasteiger partial charge is 0.493 e. The van der Waals surface area contributed by atoms with Gasteiger partial charge in [-0.3, -0.25) is 0 Å². The van der Waals surface area contributed by atoms with Crippen LogP contribution in [0.15, 0.2) is 97.3 Å². The van der Waals surface area contributed by atoms with E-state index in [2.05, 4.69) is 18.2 Å². The third-order valence-electron chi connectivity index (χ3n) is 7.99. The zero-order chi connectivity index (χ0) is 29.1. The molecule has 1 aliphatic heterocycles. The van der Waals surface area contributed by atoms with Gasteiger partial charge >= 0.3 is 0 Å². The predicted molar refractivity (Wildman–Crippen MR) is 163 cm³/mol. The number of hydrogen-bond acceptors (Lipinski definition) is 7. The van der Waals surface area contributed by atoms with Crippen LogP contribution in [0.4, 0.5) is 0 Å². The summed E-state index contributed by atoms with van der Waals surface area (Å²) in [5.74, 6) is 2.63. The number of hydrogen-bond donors (Lipinski definition) is 0. The molecule has 9 heteroatoms. The third kappa shape index (κ3) is 3.85. The fourth-order valence-electron chi connectivity index (χ4n) is 6.02. The average Bonchev–Trinajstić information content (AvgIpc) is 3.64. The second-order valence-corrected chi connectivity index (χ2v) is 10.4. The molecule has 0 saturated carbocycles. The van der Waals surface area contributed by atoms with Gasteiger partial charge in [0.1, 0.15) is 6.33 Å². The second kappa shape index (κ2) is 9.70. The highest BCUT2D eigenvalue weighted by Gasteiger charge is 2.38. The fraction of sp³-hybridized carbons (Fsp3) is 0.118. The van der Waals surface area contributed by atoms with E-state index >= 15 is 0 Å². The summed E-state index contributed by atoms with van der Waals surface area (Å²) in [6.07, 6.45) is 1.66. The van der Waals surface area contributed by atoms with Gasteiger partial charge in [-0.1, -0.05) is 66.7 Å². The molecule has 0 aliphatic carbocycles. The van der Waals surface area contributed by atoms with Gasteiger partial charge in [-0.05, 0) is 47.5 Å². The Hall–Kier alpha value is -5.70. The Morgan fingerprint density at radius 3 is 2.42 bits per heavy atom. The van der Waals surface area contributed by atoms with Crippen LogP contribution in [0.3, 0.4) is 0 Å². The Morgan fingerprint density at radius 1 is 0.791 bits per heavy atom. The minimum Gasteiger partial charge on any atom is -0.493 e. The molecule has 4 heterocycles. The summed E-state index contributed by atoms with van der Waals surface area (Å²) >= 11 is 0. The van der Waals surface area contributed by atoms with Crippen molar-refractivity contribution in [3.63, 3.8) is 0 Å². The van der Waals surface area contributed by atoms with Crippen LogP contribution in [0, 0.1) is 6.92 Å². The number of ether oxygens (including phenoxy) is 3. The summed E-state index contributed by atoms with van der Waals surface area (Å²) < 4.78 is 21.4.